The highest BCUT2D eigenvalue weighted by molar-refractivity contribution is 9.10. The van der Waals surface area contributed by atoms with Crippen molar-refractivity contribution in [1.82, 2.24) is 4.98 Å². The summed E-state index contributed by atoms with van der Waals surface area (Å²) in [7, 11) is 1.77. The van der Waals surface area contributed by atoms with E-state index < -0.39 is 0 Å². The maximum atomic E-state index is 5.54. The van der Waals surface area contributed by atoms with Crippen LogP contribution in [0.5, 0.6) is 5.75 Å². The maximum absolute atomic E-state index is 5.54. The molecule has 0 amide bonds. The smallest absolute Gasteiger partial charge is 0.122 e. The van der Waals surface area contributed by atoms with Crippen molar-refractivity contribution in [2.45, 2.75) is 24.7 Å². The highest BCUT2D eigenvalue weighted by Crippen LogP contribution is 2.66. The molecule has 0 aliphatic heterocycles. The predicted molar refractivity (Wildman–Crippen MR) is 82.2 cm³/mol. The third kappa shape index (κ3) is 1.72. The van der Waals surface area contributed by atoms with E-state index in [-0.39, 0.29) is 0 Å². The van der Waals surface area contributed by atoms with Gasteiger partial charge in [-0.3, -0.25) is 4.98 Å². The summed E-state index contributed by atoms with van der Waals surface area (Å²) in [5.74, 6) is 3.13. The number of aromatic nitrogens is 1. The zero-order valence-electron chi connectivity index (χ0n) is 11.3. The third-order valence-corrected chi connectivity index (χ3v) is 5.49. The molecule has 4 rings (SSSR count). The van der Waals surface area contributed by atoms with E-state index in [1.54, 1.807) is 7.11 Å². The standard InChI is InChI=1S/C17H16BrNO/c1-20-14-5-4-13(18)16-11(14)2-3-12-15(17(12)16)10-6-8-19-9-7-10/h4-9,12,15,17H,2-3H2,1H3/t12-,15?,17-/m1/s1. The minimum Gasteiger partial charge on any atom is -0.496 e. The van der Waals surface area contributed by atoms with Gasteiger partial charge in [-0.15, -0.1) is 0 Å². The molecule has 1 aromatic heterocycles. The Morgan fingerprint density at radius 1 is 1.15 bits per heavy atom. The molecule has 0 saturated heterocycles. The quantitative estimate of drug-likeness (QED) is 0.819. The van der Waals surface area contributed by atoms with Crippen LogP contribution in [-0.2, 0) is 6.42 Å². The molecule has 2 aromatic rings. The molecule has 2 aliphatic carbocycles. The van der Waals surface area contributed by atoms with Gasteiger partial charge in [0, 0.05) is 16.9 Å². The number of hydrogen-bond donors (Lipinski definition) is 0. The van der Waals surface area contributed by atoms with Gasteiger partial charge in [0.2, 0.25) is 0 Å². The van der Waals surface area contributed by atoms with Gasteiger partial charge in [0.25, 0.3) is 0 Å². The van der Waals surface area contributed by atoms with E-state index in [4.69, 9.17) is 4.74 Å². The van der Waals surface area contributed by atoms with Crippen LogP contribution in [0, 0.1) is 5.92 Å². The van der Waals surface area contributed by atoms with Crippen molar-refractivity contribution in [2.24, 2.45) is 5.92 Å². The third-order valence-electron chi connectivity index (χ3n) is 4.80. The van der Waals surface area contributed by atoms with Gasteiger partial charge in [0.1, 0.15) is 5.75 Å². The Morgan fingerprint density at radius 3 is 2.70 bits per heavy atom. The van der Waals surface area contributed by atoms with Crippen LogP contribution in [0.25, 0.3) is 0 Å². The molecule has 0 bridgehead atoms. The monoisotopic (exact) mass is 329 g/mol. The first kappa shape index (κ1) is 12.4. The lowest BCUT2D eigenvalue weighted by atomic mass is 9.91. The van der Waals surface area contributed by atoms with E-state index in [0.717, 1.165) is 18.1 Å². The predicted octanol–water partition coefficient (Wildman–Crippen LogP) is 4.30. The molecule has 1 aromatic carbocycles. The van der Waals surface area contributed by atoms with Crippen molar-refractivity contribution >= 4 is 15.9 Å². The second-order valence-corrected chi connectivity index (χ2v) is 6.53. The topological polar surface area (TPSA) is 22.1 Å². The fourth-order valence-electron chi connectivity index (χ4n) is 3.90. The first-order valence-electron chi connectivity index (χ1n) is 7.06. The van der Waals surface area contributed by atoms with Crippen LogP contribution in [0.2, 0.25) is 0 Å². The average Bonchev–Trinajstić information content (AvgIpc) is 3.23. The van der Waals surface area contributed by atoms with Crippen LogP contribution in [0.4, 0.5) is 0 Å². The van der Waals surface area contributed by atoms with Crippen LogP contribution >= 0.6 is 15.9 Å². The SMILES string of the molecule is COc1ccc(Br)c2c1CC[C@@H]1C(c3ccncc3)[C@H]21. The first-order valence-corrected chi connectivity index (χ1v) is 7.85. The second kappa shape index (κ2) is 4.59. The molecular weight excluding hydrogens is 314 g/mol. The van der Waals surface area contributed by atoms with Gasteiger partial charge in [0.15, 0.2) is 0 Å². The molecule has 0 spiro atoms. The van der Waals surface area contributed by atoms with Gasteiger partial charge >= 0.3 is 0 Å². The first-order chi connectivity index (χ1) is 9.81. The lowest BCUT2D eigenvalue weighted by Crippen LogP contribution is -2.04. The molecule has 0 N–H and O–H groups in total. The summed E-state index contributed by atoms with van der Waals surface area (Å²) < 4.78 is 6.78. The molecule has 3 atom stereocenters. The highest BCUT2D eigenvalue weighted by atomic mass is 79.9. The Bertz CT molecular complexity index is 656. The van der Waals surface area contributed by atoms with Crippen molar-refractivity contribution in [3.8, 4) is 5.75 Å². The molecule has 2 aliphatic rings. The largest absolute Gasteiger partial charge is 0.496 e. The van der Waals surface area contributed by atoms with E-state index in [1.807, 2.05) is 12.4 Å². The molecule has 1 saturated carbocycles. The lowest BCUT2D eigenvalue weighted by Gasteiger charge is -2.19. The van der Waals surface area contributed by atoms with Gasteiger partial charge in [-0.2, -0.15) is 0 Å². The number of ether oxygens (including phenoxy) is 1. The van der Waals surface area contributed by atoms with Gasteiger partial charge in [-0.1, -0.05) is 15.9 Å². The molecular formula is C17H16BrNO. The summed E-state index contributed by atoms with van der Waals surface area (Å²) in [6, 6.07) is 8.53. The number of benzene rings is 1. The van der Waals surface area contributed by atoms with Gasteiger partial charge in [-0.25, -0.2) is 0 Å². The highest BCUT2D eigenvalue weighted by Gasteiger charge is 2.54. The zero-order chi connectivity index (χ0) is 13.7. The summed E-state index contributed by atoms with van der Waals surface area (Å²) in [4.78, 5) is 4.13. The van der Waals surface area contributed by atoms with Gasteiger partial charge < -0.3 is 4.74 Å². The van der Waals surface area contributed by atoms with E-state index >= 15 is 0 Å². The fourth-order valence-corrected chi connectivity index (χ4v) is 4.54. The minimum atomic E-state index is 0.644. The van der Waals surface area contributed by atoms with E-state index in [9.17, 15) is 0 Å². The minimum absolute atomic E-state index is 0.644. The second-order valence-electron chi connectivity index (χ2n) is 5.68. The van der Waals surface area contributed by atoms with Crippen molar-refractivity contribution in [1.29, 1.82) is 0 Å². The Kier molecular flexibility index (Phi) is 2.84. The molecule has 3 heteroatoms. The number of pyridine rings is 1. The number of nitrogens with zero attached hydrogens (tertiary/aromatic N) is 1. The molecule has 0 radical (unpaired) electrons. The number of fused-ring (bicyclic) bond motifs is 3. The number of hydrogen-bond acceptors (Lipinski definition) is 2. The average molecular weight is 330 g/mol. The molecule has 1 unspecified atom stereocenters. The summed E-state index contributed by atoms with van der Waals surface area (Å²) in [5.41, 5.74) is 4.31. The van der Waals surface area contributed by atoms with E-state index in [2.05, 4.69) is 45.2 Å². The van der Waals surface area contributed by atoms with Gasteiger partial charge in [-0.05, 0) is 71.6 Å². The summed E-state index contributed by atoms with van der Waals surface area (Å²) in [5, 5.41) is 0. The van der Waals surface area contributed by atoms with Crippen molar-refractivity contribution in [2.75, 3.05) is 7.11 Å². The zero-order valence-corrected chi connectivity index (χ0v) is 12.9. The van der Waals surface area contributed by atoms with Crippen LogP contribution in [0.15, 0.2) is 41.1 Å². The fraction of sp³-hybridized carbons (Fsp3) is 0.353. The Morgan fingerprint density at radius 2 is 1.95 bits per heavy atom. The summed E-state index contributed by atoms with van der Waals surface area (Å²) >= 11 is 3.74. The Balaban J connectivity index is 1.78. The Hall–Kier alpha value is -1.35. The molecule has 1 heterocycles. The molecule has 1 fully saturated rings. The summed E-state index contributed by atoms with van der Waals surface area (Å²) in [6.45, 7) is 0. The van der Waals surface area contributed by atoms with Crippen LogP contribution in [0.1, 0.15) is 34.9 Å². The van der Waals surface area contributed by atoms with Crippen molar-refractivity contribution in [3.63, 3.8) is 0 Å². The lowest BCUT2D eigenvalue weighted by molar-refractivity contribution is 0.406. The van der Waals surface area contributed by atoms with Crippen molar-refractivity contribution < 1.29 is 4.74 Å². The van der Waals surface area contributed by atoms with E-state index in [1.165, 1.54) is 27.6 Å². The maximum Gasteiger partial charge on any atom is 0.122 e. The Labute approximate surface area is 127 Å². The molecule has 20 heavy (non-hydrogen) atoms. The number of methoxy groups -OCH3 is 1. The van der Waals surface area contributed by atoms with Crippen LogP contribution in [0.3, 0.4) is 0 Å². The molecule has 102 valence electrons. The normalized spacial score (nSPS) is 26.6. The van der Waals surface area contributed by atoms with Crippen molar-refractivity contribution in [3.05, 3.63) is 57.8 Å². The van der Waals surface area contributed by atoms with Crippen LogP contribution < -0.4 is 4.74 Å². The number of halogens is 1. The van der Waals surface area contributed by atoms with Gasteiger partial charge in [0.05, 0.1) is 7.11 Å². The summed E-state index contributed by atoms with van der Waals surface area (Å²) in [6.07, 6.45) is 6.20. The van der Waals surface area contributed by atoms with Crippen LogP contribution in [-0.4, -0.2) is 12.1 Å². The van der Waals surface area contributed by atoms with E-state index in [0.29, 0.717) is 11.8 Å². The number of rotatable bonds is 2. The molecule has 2 nitrogen and oxygen atoms in total.